The van der Waals surface area contributed by atoms with Gasteiger partial charge >= 0.3 is 84.4 Å². The number of carbonyl (C=O) groups excluding carboxylic acids is 3. The molecule has 88 valence electrons. The molecule has 15 heavy (non-hydrogen) atoms. The second kappa shape index (κ2) is 9.74. The van der Waals surface area contributed by atoms with Gasteiger partial charge in [0.05, 0.1) is 0 Å². The number of rotatable bonds is 3. The van der Waals surface area contributed by atoms with E-state index in [1.165, 1.54) is 0 Å². The molecule has 8 nitrogen and oxygen atoms in total. The van der Waals surface area contributed by atoms with Crippen LogP contribution in [0.25, 0.3) is 0 Å². The monoisotopic (exact) mass is 328 g/mol. The zero-order valence-electron chi connectivity index (χ0n) is 8.53. The van der Waals surface area contributed by atoms with E-state index in [4.69, 9.17) is 0 Å². The molecule has 0 aliphatic rings. The summed E-state index contributed by atoms with van der Waals surface area (Å²) in [7, 11) is 0. The Morgan fingerprint density at radius 3 is 1.07 bits per heavy atom. The fourth-order valence-electron chi connectivity index (χ4n) is 0.479. The Balaban J connectivity index is -0.000000720. The molecule has 0 rings (SSSR count). The van der Waals surface area contributed by atoms with Crippen LogP contribution in [0.3, 0.4) is 0 Å². The van der Waals surface area contributed by atoms with E-state index >= 15 is 0 Å². The van der Waals surface area contributed by atoms with Gasteiger partial charge in [0, 0.05) is 0 Å². The Morgan fingerprint density at radius 1 is 0.733 bits per heavy atom. The van der Waals surface area contributed by atoms with E-state index in [2.05, 4.69) is 8.56 Å². The Labute approximate surface area is 95.5 Å². The molecule has 0 amide bonds. The second-order valence-corrected chi connectivity index (χ2v) is 5.78. The Bertz CT molecular complexity index is 189. The van der Waals surface area contributed by atoms with Crippen molar-refractivity contribution < 1.29 is 33.9 Å². The van der Waals surface area contributed by atoms with Gasteiger partial charge in [-0.15, -0.1) is 0 Å². The summed E-state index contributed by atoms with van der Waals surface area (Å²) >= 11 is -3.66. The van der Waals surface area contributed by atoms with Crippen molar-refractivity contribution >= 4 is 40.7 Å². The number of hydrogen-bond donors (Lipinski definition) is 0. The van der Waals surface area contributed by atoms with Crippen LogP contribution in [0.5, 0.6) is 0 Å². The van der Waals surface area contributed by atoms with Crippen LogP contribution in [0.1, 0.15) is 20.8 Å². The van der Waals surface area contributed by atoms with E-state index in [0.717, 1.165) is 20.8 Å². The van der Waals surface area contributed by atoms with Gasteiger partial charge in [0.15, 0.2) is 0 Å². The van der Waals surface area contributed by atoms with Crippen LogP contribution in [0.4, 0.5) is 0 Å². The minimum absolute atomic E-state index is 0. The van der Waals surface area contributed by atoms with E-state index in [-0.39, 0.29) is 11.0 Å². The fraction of sp³-hybridized carbons (Fsp3) is 0.500. The van der Waals surface area contributed by atoms with Crippen LogP contribution in [-0.2, 0) is 22.9 Å². The largest absolute Gasteiger partial charge is 0.412 e. The van der Waals surface area contributed by atoms with Gasteiger partial charge in [-0.25, -0.2) is 0 Å². The molecule has 0 aromatic carbocycles. The Morgan fingerprint density at radius 2 is 0.933 bits per heavy atom. The van der Waals surface area contributed by atoms with Crippen molar-refractivity contribution in [3.63, 3.8) is 0 Å². The van der Waals surface area contributed by atoms with Gasteiger partial charge in [-0.2, -0.15) is 0 Å². The molecular formula is C6H13InO8. The predicted octanol–water partition coefficient (Wildman–Crippen LogP) is -1.99. The van der Waals surface area contributed by atoms with Gasteiger partial charge in [0.1, 0.15) is 0 Å². The van der Waals surface area contributed by atoms with E-state index < -0.39 is 40.7 Å². The van der Waals surface area contributed by atoms with E-state index in [0.29, 0.717) is 0 Å². The van der Waals surface area contributed by atoms with Gasteiger partial charge < -0.3 is 11.0 Å². The van der Waals surface area contributed by atoms with Gasteiger partial charge in [-0.1, -0.05) is 0 Å². The first-order chi connectivity index (χ1) is 5.91. The quantitative estimate of drug-likeness (QED) is 0.587. The molecule has 0 heterocycles. The minimum Gasteiger partial charge on any atom is -0.412 e. The average molecular weight is 328 g/mol. The molecular weight excluding hydrogens is 315 g/mol. The standard InChI is InChI=1S/3C2H4O2.In.2H2O/c3*1-2(3)4;;;/h3*1H3,(H,3,4);;2*1H2/q;;;+3;;/p-3. The zero-order valence-corrected chi connectivity index (χ0v) is 11.8. The van der Waals surface area contributed by atoms with Crippen LogP contribution < -0.4 is 0 Å². The summed E-state index contributed by atoms with van der Waals surface area (Å²) in [4.78, 5) is 31.4. The normalized spacial score (nSPS) is 7.40. The predicted molar refractivity (Wildman–Crippen MR) is 48.3 cm³/mol. The van der Waals surface area contributed by atoms with Crippen molar-refractivity contribution in [1.82, 2.24) is 0 Å². The smallest absolute Gasteiger partial charge is 0.412 e. The summed E-state index contributed by atoms with van der Waals surface area (Å²) in [6.45, 7) is 3.45. The summed E-state index contributed by atoms with van der Waals surface area (Å²) < 4.78 is 13.7. The number of carbonyl (C=O) groups is 3. The zero-order chi connectivity index (χ0) is 10.4. The molecule has 0 unspecified atom stereocenters. The van der Waals surface area contributed by atoms with Crippen molar-refractivity contribution in [3.8, 4) is 0 Å². The summed E-state index contributed by atoms with van der Waals surface area (Å²) in [6.07, 6.45) is 0. The third-order valence-electron chi connectivity index (χ3n) is 0.787. The molecule has 0 aliphatic carbocycles. The first kappa shape index (κ1) is 19.7. The van der Waals surface area contributed by atoms with Crippen LogP contribution >= 0.6 is 0 Å². The third kappa shape index (κ3) is 13.2. The van der Waals surface area contributed by atoms with Gasteiger partial charge in [-0.3, -0.25) is 0 Å². The van der Waals surface area contributed by atoms with E-state index in [1.54, 1.807) is 0 Å². The molecule has 0 atom stereocenters. The summed E-state index contributed by atoms with van der Waals surface area (Å²) in [5.74, 6) is -1.87. The topological polar surface area (TPSA) is 142 Å². The molecule has 0 radical (unpaired) electrons. The van der Waals surface area contributed by atoms with Crippen molar-refractivity contribution in [2.45, 2.75) is 20.8 Å². The molecule has 0 fully saturated rings. The number of hydrogen-bond acceptors (Lipinski definition) is 6. The van der Waals surface area contributed by atoms with E-state index in [1.807, 2.05) is 0 Å². The van der Waals surface area contributed by atoms with Gasteiger partial charge in [-0.05, 0) is 0 Å². The van der Waals surface area contributed by atoms with Gasteiger partial charge in [0.25, 0.3) is 0 Å². The Kier molecular flexibility index (Phi) is 12.8. The molecule has 9 heteroatoms. The van der Waals surface area contributed by atoms with Crippen molar-refractivity contribution in [3.05, 3.63) is 0 Å². The fourth-order valence-corrected chi connectivity index (χ4v) is 3.21. The van der Waals surface area contributed by atoms with Crippen molar-refractivity contribution in [2.24, 2.45) is 0 Å². The molecule has 0 saturated heterocycles. The first-order valence-electron chi connectivity index (χ1n) is 3.43. The summed E-state index contributed by atoms with van der Waals surface area (Å²) in [5, 5.41) is 0. The van der Waals surface area contributed by atoms with Crippen LogP contribution in [0.15, 0.2) is 0 Å². The molecule has 0 aromatic rings. The van der Waals surface area contributed by atoms with Crippen molar-refractivity contribution in [1.29, 1.82) is 0 Å². The van der Waals surface area contributed by atoms with Crippen LogP contribution in [0.2, 0.25) is 0 Å². The molecule has 0 spiro atoms. The van der Waals surface area contributed by atoms with E-state index in [9.17, 15) is 14.4 Å². The third-order valence-corrected chi connectivity index (χ3v) is 5.28. The molecule has 0 aliphatic heterocycles. The Hall–Kier alpha value is -0.800. The molecule has 0 saturated carbocycles. The average Bonchev–Trinajstić information content (AvgIpc) is 1.80. The van der Waals surface area contributed by atoms with Crippen LogP contribution in [0, 0.1) is 0 Å². The maximum Gasteiger partial charge on any atom is -0.412 e. The van der Waals surface area contributed by atoms with Crippen LogP contribution in [-0.4, -0.2) is 51.6 Å². The van der Waals surface area contributed by atoms with Gasteiger partial charge in [0.2, 0.25) is 0 Å². The maximum absolute atomic E-state index is 10.5. The molecule has 4 N–H and O–H groups in total. The maximum atomic E-state index is 10.5. The summed E-state index contributed by atoms with van der Waals surface area (Å²) in [6, 6.07) is 0. The molecule has 0 aromatic heterocycles. The minimum atomic E-state index is -3.66. The molecule has 0 bridgehead atoms. The first-order valence-corrected chi connectivity index (χ1v) is 7.47. The second-order valence-electron chi connectivity index (χ2n) is 2.12. The summed E-state index contributed by atoms with van der Waals surface area (Å²) in [5.41, 5.74) is 0. The SMILES string of the molecule is CC(=O)[O][In]([O]C(C)=O)[O]C(C)=O.O.O. The van der Waals surface area contributed by atoms with Crippen molar-refractivity contribution in [2.75, 3.05) is 0 Å².